The number of aliphatic imine (C=N–C) groups is 1. The molecule has 33 heavy (non-hydrogen) atoms. The summed E-state index contributed by atoms with van der Waals surface area (Å²) in [7, 11) is 1.58. The third kappa shape index (κ3) is 4.19. The lowest BCUT2D eigenvalue weighted by atomic mass is 10.0. The van der Waals surface area contributed by atoms with Crippen LogP contribution in [0.4, 0.5) is 14.5 Å². The molecule has 2 atom stereocenters. The van der Waals surface area contributed by atoms with Crippen LogP contribution in [0.1, 0.15) is 5.89 Å². The third-order valence-corrected chi connectivity index (χ3v) is 6.17. The van der Waals surface area contributed by atoms with Crippen molar-refractivity contribution in [2.75, 3.05) is 18.6 Å². The smallest absolute Gasteiger partial charge is 0.241 e. The summed E-state index contributed by atoms with van der Waals surface area (Å²) in [6.07, 6.45) is -0.459. The first-order valence-electron chi connectivity index (χ1n) is 9.98. The predicted molar refractivity (Wildman–Crippen MR) is 117 cm³/mol. The molecule has 1 aromatic heterocycles. The van der Waals surface area contributed by atoms with E-state index < -0.39 is 23.7 Å². The molecule has 2 unspecified atom stereocenters. The standard InChI is InChI=1S/C21H18F2N6O3S/c1-31-13-5-2-11(3-6-13)18-25-17(32-28-18)10-33-21-26-19-14(9-24-27-19)20(30)29(21)12-4-7-15(22)16(23)8-12/h2-8,14,19,24,27H,9-10H2,1H3. The van der Waals surface area contributed by atoms with Gasteiger partial charge in [-0.25, -0.2) is 19.2 Å². The molecule has 1 amide bonds. The highest BCUT2D eigenvalue weighted by Gasteiger charge is 2.42. The number of amides is 1. The van der Waals surface area contributed by atoms with Gasteiger partial charge in [0.05, 0.1) is 24.5 Å². The molecule has 1 fully saturated rings. The Morgan fingerprint density at radius 3 is 2.79 bits per heavy atom. The van der Waals surface area contributed by atoms with E-state index in [0.29, 0.717) is 29.2 Å². The van der Waals surface area contributed by atoms with Crippen molar-refractivity contribution in [2.24, 2.45) is 10.9 Å². The highest BCUT2D eigenvalue weighted by Crippen LogP contribution is 2.31. The maximum atomic E-state index is 13.9. The molecule has 2 aromatic carbocycles. The summed E-state index contributed by atoms with van der Waals surface area (Å²) in [5.41, 5.74) is 6.82. The van der Waals surface area contributed by atoms with E-state index in [0.717, 1.165) is 17.7 Å². The highest BCUT2D eigenvalue weighted by atomic mass is 32.2. The Kier molecular flexibility index (Phi) is 5.79. The minimum Gasteiger partial charge on any atom is -0.497 e. The number of rotatable bonds is 5. The SMILES string of the molecule is COc1ccc(-c2noc(CSC3=NC4NNCC4C(=O)N3c3ccc(F)c(F)c3)n2)cc1. The monoisotopic (exact) mass is 472 g/mol. The van der Waals surface area contributed by atoms with Gasteiger partial charge in [-0.05, 0) is 36.4 Å². The maximum absolute atomic E-state index is 13.9. The summed E-state index contributed by atoms with van der Waals surface area (Å²) in [5, 5.41) is 4.31. The van der Waals surface area contributed by atoms with Gasteiger partial charge < -0.3 is 9.26 Å². The molecule has 2 aliphatic heterocycles. The Hall–Kier alpha value is -3.35. The summed E-state index contributed by atoms with van der Waals surface area (Å²) in [6, 6.07) is 10.5. The quantitative estimate of drug-likeness (QED) is 0.584. The molecule has 2 N–H and O–H groups in total. The van der Waals surface area contributed by atoms with Gasteiger partial charge in [0, 0.05) is 18.2 Å². The Bertz CT molecular complexity index is 1220. The Balaban J connectivity index is 1.38. The van der Waals surface area contributed by atoms with Gasteiger partial charge in [-0.15, -0.1) is 0 Å². The van der Waals surface area contributed by atoms with E-state index in [4.69, 9.17) is 9.26 Å². The number of fused-ring (bicyclic) bond motifs is 1. The van der Waals surface area contributed by atoms with Gasteiger partial charge in [0.15, 0.2) is 16.8 Å². The summed E-state index contributed by atoms with van der Waals surface area (Å²) in [4.78, 5) is 23.4. The summed E-state index contributed by atoms with van der Waals surface area (Å²) in [5.74, 6) is -1.11. The van der Waals surface area contributed by atoms with Crippen molar-refractivity contribution in [1.29, 1.82) is 0 Å². The van der Waals surface area contributed by atoms with Crippen molar-refractivity contribution in [3.05, 3.63) is 60.0 Å². The number of nitrogens with one attached hydrogen (secondary N) is 2. The molecule has 3 aromatic rings. The van der Waals surface area contributed by atoms with E-state index in [2.05, 4.69) is 26.0 Å². The van der Waals surface area contributed by atoms with Crippen molar-refractivity contribution in [1.82, 2.24) is 21.0 Å². The molecule has 3 heterocycles. The van der Waals surface area contributed by atoms with Crippen LogP contribution >= 0.6 is 11.8 Å². The van der Waals surface area contributed by atoms with Crippen molar-refractivity contribution < 1.29 is 22.8 Å². The topological polar surface area (TPSA) is 105 Å². The number of halogens is 2. The van der Waals surface area contributed by atoms with Crippen molar-refractivity contribution in [3.63, 3.8) is 0 Å². The first kappa shape index (κ1) is 21.5. The van der Waals surface area contributed by atoms with Crippen LogP contribution in [0.3, 0.4) is 0 Å². The Labute approximate surface area is 191 Å². The largest absolute Gasteiger partial charge is 0.497 e. The second kappa shape index (κ2) is 8.89. The number of carbonyl (C=O) groups excluding carboxylic acids is 1. The first-order valence-corrected chi connectivity index (χ1v) is 11.0. The van der Waals surface area contributed by atoms with E-state index in [1.807, 2.05) is 12.1 Å². The molecule has 0 radical (unpaired) electrons. The van der Waals surface area contributed by atoms with Gasteiger partial charge in [-0.3, -0.25) is 15.1 Å². The zero-order valence-corrected chi connectivity index (χ0v) is 18.1. The van der Waals surface area contributed by atoms with E-state index in [-0.39, 0.29) is 17.3 Å². The lowest BCUT2D eigenvalue weighted by Crippen LogP contribution is -2.49. The number of aromatic nitrogens is 2. The summed E-state index contributed by atoms with van der Waals surface area (Å²) in [6.45, 7) is 0.375. The molecular formula is C21H18F2N6O3S. The van der Waals surface area contributed by atoms with Crippen LogP contribution in [0.15, 0.2) is 52.0 Å². The van der Waals surface area contributed by atoms with E-state index in [9.17, 15) is 13.6 Å². The van der Waals surface area contributed by atoms with Crippen molar-refractivity contribution in [2.45, 2.75) is 11.9 Å². The van der Waals surface area contributed by atoms with Crippen LogP contribution in [-0.2, 0) is 10.5 Å². The normalized spacial score (nSPS) is 20.0. The van der Waals surface area contributed by atoms with Gasteiger partial charge in [0.2, 0.25) is 17.6 Å². The number of nitrogens with zero attached hydrogens (tertiary/aromatic N) is 4. The third-order valence-electron chi connectivity index (χ3n) is 5.23. The number of hydrazine groups is 1. The highest BCUT2D eigenvalue weighted by molar-refractivity contribution is 8.13. The van der Waals surface area contributed by atoms with Gasteiger partial charge in [0.25, 0.3) is 0 Å². The molecule has 0 spiro atoms. The number of anilines is 1. The Morgan fingerprint density at radius 2 is 2.03 bits per heavy atom. The van der Waals surface area contributed by atoms with Crippen molar-refractivity contribution in [3.8, 4) is 17.1 Å². The van der Waals surface area contributed by atoms with Gasteiger partial charge in [-0.2, -0.15) is 4.98 Å². The second-order valence-electron chi connectivity index (χ2n) is 7.29. The Morgan fingerprint density at radius 1 is 1.21 bits per heavy atom. The zero-order chi connectivity index (χ0) is 22.9. The predicted octanol–water partition coefficient (Wildman–Crippen LogP) is 2.71. The molecule has 0 aliphatic carbocycles. The molecule has 1 saturated heterocycles. The molecule has 12 heteroatoms. The number of carbonyl (C=O) groups is 1. The van der Waals surface area contributed by atoms with Gasteiger partial charge in [-0.1, -0.05) is 16.9 Å². The lowest BCUT2D eigenvalue weighted by Gasteiger charge is -2.32. The number of hydrogen-bond acceptors (Lipinski definition) is 9. The fraction of sp³-hybridized carbons (Fsp3) is 0.238. The van der Waals surface area contributed by atoms with Crippen LogP contribution in [0.2, 0.25) is 0 Å². The molecule has 9 nitrogen and oxygen atoms in total. The number of thioether (sulfide) groups is 1. The number of amidine groups is 1. The second-order valence-corrected chi connectivity index (χ2v) is 8.23. The van der Waals surface area contributed by atoms with Gasteiger partial charge >= 0.3 is 0 Å². The number of methoxy groups -OCH3 is 1. The minimum atomic E-state index is -1.05. The number of hydrogen-bond donors (Lipinski definition) is 2. The van der Waals surface area contributed by atoms with Crippen LogP contribution in [0.25, 0.3) is 11.4 Å². The molecule has 170 valence electrons. The van der Waals surface area contributed by atoms with Crippen LogP contribution < -0.4 is 20.5 Å². The van der Waals surface area contributed by atoms with Crippen LogP contribution in [0.5, 0.6) is 5.75 Å². The first-order chi connectivity index (χ1) is 16.0. The minimum absolute atomic E-state index is 0.194. The lowest BCUT2D eigenvalue weighted by molar-refractivity contribution is -0.121. The van der Waals surface area contributed by atoms with Crippen molar-refractivity contribution >= 4 is 28.5 Å². The van der Waals surface area contributed by atoms with E-state index >= 15 is 0 Å². The van der Waals surface area contributed by atoms with Gasteiger partial charge in [0.1, 0.15) is 11.9 Å². The number of benzene rings is 2. The van der Waals surface area contributed by atoms with E-state index in [1.165, 1.54) is 22.7 Å². The summed E-state index contributed by atoms with van der Waals surface area (Å²) >= 11 is 1.19. The average Bonchev–Trinajstić information content (AvgIpc) is 3.50. The average molecular weight is 472 g/mol. The zero-order valence-electron chi connectivity index (χ0n) is 17.3. The molecule has 0 bridgehead atoms. The van der Waals surface area contributed by atoms with E-state index in [1.54, 1.807) is 19.2 Å². The molecule has 2 aliphatic rings. The number of ether oxygens (including phenoxy) is 1. The van der Waals surface area contributed by atoms with Crippen LogP contribution in [0, 0.1) is 17.6 Å². The fourth-order valence-electron chi connectivity index (χ4n) is 3.53. The molecular weight excluding hydrogens is 454 g/mol. The van der Waals surface area contributed by atoms with Crippen LogP contribution in [-0.4, -0.2) is 41.0 Å². The maximum Gasteiger partial charge on any atom is 0.241 e. The molecule has 5 rings (SSSR count). The molecule has 0 saturated carbocycles. The fourth-order valence-corrected chi connectivity index (χ4v) is 4.41. The summed E-state index contributed by atoms with van der Waals surface area (Å²) < 4.78 is 37.8.